The van der Waals surface area contributed by atoms with Crippen molar-refractivity contribution in [2.75, 3.05) is 5.32 Å². The third kappa shape index (κ3) is 3.29. The molecule has 0 aliphatic rings. The number of aromatic nitrogens is 4. The molecule has 1 aromatic carbocycles. The number of hydrogen-bond donors (Lipinski definition) is 1. The molecule has 0 saturated carbocycles. The number of aryl methyl sites for hydroxylation is 1. The van der Waals surface area contributed by atoms with E-state index in [-0.39, 0.29) is 5.69 Å². The average molecular weight is 299 g/mol. The fraction of sp³-hybridized carbons (Fsp3) is 0.273. The number of rotatable bonds is 4. The molecule has 2 rings (SSSR count). The molecule has 106 valence electrons. The number of carbonyl (C=O) groups excluding carboxylic acids is 1. The monoisotopic (exact) mass is 299 g/mol. The minimum absolute atomic E-state index is 0.0695. The smallest absolute Gasteiger partial charge is 0.237 e. The highest BCUT2D eigenvalue weighted by Gasteiger charge is 2.19. The van der Waals surface area contributed by atoms with Gasteiger partial charge in [0.15, 0.2) is 0 Å². The van der Waals surface area contributed by atoms with E-state index in [2.05, 4.69) is 20.8 Å². The Morgan fingerprint density at radius 2 is 2.20 bits per heavy atom. The number of halogens is 2. The van der Waals surface area contributed by atoms with Crippen LogP contribution in [0.4, 0.5) is 14.5 Å². The summed E-state index contributed by atoms with van der Waals surface area (Å²) in [4.78, 5) is 11.9. The van der Waals surface area contributed by atoms with Crippen LogP contribution in [0.2, 0.25) is 0 Å². The van der Waals surface area contributed by atoms with E-state index >= 15 is 0 Å². The number of amides is 1. The van der Waals surface area contributed by atoms with Gasteiger partial charge in [0.25, 0.3) is 0 Å². The Morgan fingerprint density at radius 1 is 1.45 bits per heavy atom. The van der Waals surface area contributed by atoms with Crippen LogP contribution in [0.25, 0.3) is 0 Å². The summed E-state index contributed by atoms with van der Waals surface area (Å²) < 4.78 is 27.6. The second-order valence-corrected chi connectivity index (χ2v) is 5.27. The van der Waals surface area contributed by atoms with Crippen molar-refractivity contribution in [2.24, 2.45) is 7.05 Å². The van der Waals surface area contributed by atoms with Crippen molar-refractivity contribution >= 4 is 23.4 Å². The first-order chi connectivity index (χ1) is 9.47. The predicted molar refractivity (Wildman–Crippen MR) is 69.1 cm³/mol. The van der Waals surface area contributed by atoms with Crippen LogP contribution in [0.15, 0.2) is 23.4 Å². The van der Waals surface area contributed by atoms with Crippen LogP contribution in [0.3, 0.4) is 0 Å². The van der Waals surface area contributed by atoms with Gasteiger partial charge in [-0.15, -0.1) is 5.10 Å². The lowest BCUT2D eigenvalue weighted by Crippen LogP contribution is -2.23. The number of nitrogens with one attached hydrogen (secondary N) is 1. The van der Waals surface area contributed by atoms with E-state index in [1.807, 2.05) is 0 Å². The Morgan fingerprint density at radius 3 is 2.80 bits per heavy atom. The lowest BCUT2D eigenvalue weighted by Gasteiger charge is -2.11. The molecule has 1 amide bonds. The highest BCUT2D eigenvalue weighted by atomic mass is 32.2. The molecule has 1 heterocycles. The van der Waals surface area contributed by atoms with Gasteiger partial charge >= 0.3 is 0 Å². The Hall–Kier alpha value is -2.03. The molecule has 1 atom stereocenters. The summed E-state index contributed by atoms with van der Waals surface area (Å²) in [6, 6.07) is 2.95. The third-order valence-electron chi connectivity index (χ3n) is 2.42. The van der Waals surface area contributed by atoms with Gasteiger partial charge in [0, 0.05) is 13.1 Å². The molecule has 1 N–H and O–H groups in total. The van der Waals surface area contributed by atoms with Crippen LogP contribution in [0.5, 0.6) is 0 Å². The largest absolute Gasteiger partial charge is 0.323 e. The van der Waals surface area contributed by atoms with Crippen molar-refractivity contribution in [1.82, 2.24) is 20.2 Å². The quantitative estimate of drug-likeness (QED) is 0.868. The maximum Gasteiger partial charge on any atom is 0.237 e. The predicted octanol–water partition coefficient (Wildman–Crippen LogP) is 1.61. The zero-order chi connectivity index (χ0) is 14.7. The molecule has 20 heavy (non-hydrogen) atoms. The molecule has 0 fully saturated rings. The van der Waals surface area contributed by atoms with Crippen molar-refractivity contribution in [1.29, 1.82) is 0 Å². The van der Waals surface area contributed by atoms with Gasteiger partial charge in [0.2, 0.25) is 11.1 Å². The second kappa shape index (κ2) is 5.95. The zero-order valence-electron chi connectivity index (χ0n) is 10.7. The molecule has 0 spiro atoms. The molecule has 2 aromatic rings. The van der Waals surface area contributed by atoms with Gasteiger partial charge in [-0.2, -0.15) is 0 Å². The number of carbonyl (C=O) groups is 1. The maximum atomic E-state index is 13.4. The minimum Gasteiger partial charge on any atom is -0.323 e. The van der Waals surface area contributed by atoms with Crippen molar-refractivity contribution in [2.45, 2.75) is 17.3 Å². The van der Waals surface area contributed by atoms with E-state index in [0.29, 0.717) is 11.2 Å². The Bertz CT molecular complexity index is 633. The number of thioether (sulfide) groups is 1. The van der Waals surface area contributed by atoms with Gasteiger partial charge < -0.3 is 5.32 Å². The van der Waals surface area contributed by atoms with Gasteiger partial charge in [-0.05, 0) is 29.5 Å². The van der Waals surface area contributed by atoms with Gasteiger partial charge in [0.05, 0.1) is 10.9 Å². The summed E-state index contributed by atoms with van der Waals surface area (Å²) in [7, 11) is 1.65. The normalized spacial score (nSPS) is 12.2. The van der Waals surface area contributed by atoms with E-state index in [1.54, 1.807) is 14.0 Å². The fourth-order valence-corrected chi connectivity index (χ4v) is 2.11. The molecule has 1 aromatic heterocycles. The van der Waals surface area contributed by atoms with Crippen molar-refractivity contribution in [3.8, 4) is 0 Å². The third-order valence-corrected chi connectivity index (χ3v) is 3.55. The summed E-state index contributed by atoms with van der Waals surface area (Å²) >= 11 is 1.13. The molecule has 0 saturated heterocycles. The molecular formula is C11H11F2N5OS. The van der Waals surface area contributed by atoms with Crippen LogP contribution in [0, 0.1) is 11.6 Å². The molecule has 0 radical (unpaired) electrons. The molecular weight excluding hydrogens is 288 g/mol. The van der Waals surface area contributed by atoms with Crippen molar-refractivity contribution in [3.63, 3.8) is 0 Å². The van der Waals surface area contributed by atoms with Crippen LogP contribution in [-0.2, 0) is 11.8 Å². The van der Waals surface area contributed by atoms with E-state index < -0.39 is 22.8 Å². The lowest BCUT2D eigenvalue weighted by atomic mass is 10.3. The number of benzene rings is 1. The first-order valence-corrected chi connectivity index (χ1v) is 6.50. The topological polar surface area (TPSA) is 72.7 Å². The summed E-state index contributed by atoms with van der Waals surface area (Å²) in [6.45, 7) is 1.64. The van der Waals surface area contributed by atoms with Crippen LogP contribution in [0.1, 0.15) is 6.92 Å². The summed E-state index contributed by atoms with van der Waals surface area (Å²) in [5, 5.41) is 13.1. The average Bonchev–Trinajstić information content (AvgIpc) is 2.78. The number of nitrogens with zero attached hydrogens (tertiary/aromatic N) is 4. The van der Waals surface area contributed by atoms with Gasteiger partial charge in [0.1, 0.15) is 11.6 Å². The fourth-order valence-electron chi connectivity index (χ4n) is 1.36. The van der Waals surface area contributed by atoms with Crippen molar-refractivity contribution in [3.05, 3.63) is 29.8 Å². The van der Waals surface area contributed by atoms with Gasteiger partial charge in [-0.25, -0.2) is 13.5 Å². The Balaban J connectivity index is 2.02. The lowest BCUT2D eigenvalue weighted by molar-refractivity contribution is -0.115. The minimum atomic E-state index is -0.823. The highest BCUT2D eigenvalue weighted by molar-refractivity contribution is 8.00. The van der Waals surface area contributed by atoms with Crippen LogP contribution in [-0.4, -0.2) is 31.4 Å². The molecule has 9 heteroatoms. The van der Waals surface area contributed by atoms with Crippen LogP contribution >= 0.6 is 11.8 Å². The zero-order valence-corrected chi connectivity index (χ0v) is 11.5. The first-order valence-electron chi connectivity index (χ1n) is 5.62. The SMILES string of the molecule is CC(Sc1nnnn1C)C(=O)Nc1ccc(F)cc1F. The summed E-state index contributed by atoms with van der Waals surface area (Å²) in [5.41, 5.74) is -0.0695. The van der Waals surface area contributed by atoms with E-state index in [9.17, 15) is 13.6 Å². The van der Waals surface area contributed by atoms with E-state index in [0.717, 1.165) is 17.8 Å². The van der Waals surface area contributed by atoms with Gasteiger partial charge in [-0.1, -0.05) is 11.8 Å². The van der Waals surface area contributed by atoms with E-state index in [1.165, 1.54) is 10.7 Å². The number of hydrogen-bond acceptors (Lipinski definition) is 5. The molecule has 1 unspecified atom stereocenters. The van der Waals surface area contributed by atoms with E-state index in [4.69, 9.17) is 0 Å². The highest BCUT2D eigenvalue weighted by Crippen LogP contribution is 2.22. The number of anilines is 1. The van der Waals surface area contributed by atoms with Crippen molar-refractivity contribution < 1.29 is 13.6 Å². The van der Waals surface area contributed by atoms with Gasteiger partial charge in [-0.3, -0.25) is 4.79 Å². The standard InChI is InChI=1S/C11H11F2N5OS/c1-6(20-11-15-16-17-18(11)2)10(19)14-9-4-3-7(12)5-8(9)13/h3-6H,1-2H3,(H,14,19). The van der Waals surface area contributed by atoms with Crippen LogP contribution < -0.4 is 5.32 Å². The molecule has 0 aliphatic heterocycles. The molecule has 0 bridgehead atoms. The molecule has 6 nitrogen and oxygen atoms in total. The first kappa shape index (κ1) is 14.4. The second-order valence-electron chi connectivity index (χ2n) is 3.96. The maximum absolute atomic E-state index is 13.4. The Labute approximate surface area is 117 Å². The number of tetrazole rings is 1. The summed E-state index contributed by atoms with van der Waals surface area (Å²) in [6.07, 6.45) is 0. The molecule has 0 aliphatic carbocycles. The summed E-state index contributed by atoms with van der Waals surface area (Å²) in [5.74, 6) is -1.95. The Kier molecular flexibility index (Phi) is 4.28.